The number of esters is 12. The fourth-order valence-corrected chi connectivity index (χ4v) is 18.2. The van der Waals surface area contributed by atoms with Crippen molar-refractivity contribution < 1.29 is 159 Å². The Labute approximate surface area is 673 Å². The lowest BCUT2D eigenvalue weighted by Crippen LogP contribution is -2.58. The van der Waals surface area contributed by atoms with E-state index >= 15 is 0 Å². The van der Waals surface area contributed by atoms with E-state index in [4.69, 9.17) is 56.8 Å². The number of β-lactam (4-membered cyclic amide) rings is 1. The van der Waals surface area contributed by atoms with E-state index < -0.39 is 200 Å². The maximum Gasteiger partial charge on any atom is 0.303 e. The van der Waals surface area contributed by atoms with Crippen molar-refractivity contribution in [3.63, 3.8) is 0 Å². The van der Waals surface area contributed by atoms with Crippen molar-refractivity contribution in [3.8, 4) is 0 Å². The van der Waals surface area contributed by atoms with Gasteiger partial charge in [-0.25, -0.2) is 8.78 Å². The maximum absolute atomic E-state index is 13.6. The summed E-state index contributed by atoms with van der Waals surface area (Å²) in [6, 6.07) is 18.5. The Balaban J connectivity index is 0.000000281. The van der Waals surface area contributed by atoms with Gasteiger partial charge in [-0.3, -0.25) is 62.3 Å². The molecule has 3 aromatic carbocycles. The summed E-state index contributed by atoms with van der Waals surface area (Å²) in [7, 11) is 0. The number of thioether (sulfide) groups is 4. The first-order chi connectivity index (χ1) is 53.5. The molecule has 0 radical (unpaired) electrons. The second kappa shape index (κ2) is 45.7. The number of hydrogen-bond acceptors (Lipinski definition) is 35. The predicted octanol–water partition coefficient (Wildman–Crippen LogP) is 5.27. The van der Waals surface area contributed by atoms with Crippen LogP contribution < -0.4 is 4.90 Å². The molecule has 6 N–H and O–H groups in total. The molecule has 22 atom stereocenters. The van der Waals surface area contributed by atoms with Gasteiger partial charge in [-0.2, -0.15) is 0 Å². The average molecular weight is 1690 g/mol. The molecule has 5 heterocycles. The van der Waals surface area contributed by atoms with Gasteiger partial charge in [0.05, 0.1) is 57.9 Å². The van der Waals surface area contributed by atoms with Gasteiger partial charge in [0, 0.05) is 104 Å². The number of halogens is 2. The lowest BCUT2D eigenvalue weighted by molar-refractivity contribution is -0.191. The average Bonchev–Trinajstić information content (AvgIpc) is 0.736. The number of anilines is 1. The van der Waals surface area contributed by atoms with E-state index in [9.17, 15) is 102 Å². The Kier molecular flexibility index (Phi) is 38.6. The fraction of sp³-hybridized carbons (Fsp3) is 0.566. The SMILES string of the molecule is C=C1S[C@H](COC(C)=O)[C@@H](OC(C)=O)[C@H](OC(C)=O)[C@H]1OC(C)=O.CC(=O)OC[C@H]1SC(O)[C@H](OC(C)=O)[C@@H](OC(C)=O)[C@@H]1OC(C)=O.CC[C@@H]1S[C@H](COC(C)=O)[C@@H](OC(C)=O)[C@H](OC(C)=O)[C@H]1OC(C)=O.O=C1[C@H](CC[C@H](O)c2ccc(F)cc2)[C@@H](c2ccc(C[C@@H]3S[C@H](CO)[C@@H](O)[C@H](O)[C@H]3O)cc2)N1c1ccc(F)cc1. The summed E-state index contributed by atoms with van der Waals surface area (Å²) in [5.74, 6) is -8.52. The number of amides is 1. The molecule has 3 aromatic rings. The minimum atomic E-state index is -1.35. The smallest absolute Gasteiger partial charge is 0.303 e. The van der Waals surface area contributed by atoms with Gasteiger partial charge < -0.3 is 92.4 Å². The van der Waals surface area contributed by atoms with Crippen LogP contribution in [0.25, 0.3) is 0 Å². The normalized spacial score (nSPS) is 28.3. The fourth-order valence-electron chi connectivity index (χ4n) is 12.8. The van der Waals surface area contributed by atoms with Crippen molar-refractivity contribution in [2.24, 2.45) is 5.92 Å². The summed E-state index contributed by atoms with van der Waals surface area (Å²) in [6.45, 7) is 19.5. The summed E-state index contributed by atoms with van der Waals surface area (Å²) in [4.78, 5) is 151. The highest BCUT2D eigenvalue weighted by Gasteiger charge is 2.54. The third-order valence-electron chi connectivity index (χ3n) is 17.5. The highest BCUT2D eigenvalue weighted by atomic mass is 32.2. The Morgan fingerprint density at radius 2 is 0.825 bits per heavy atom. The van der Waals surface area contributed by atoms with Gasteiger partial charge in [0.2, 0.25) is 5.91 Å². The molecule has 38 heteroatoms. The molecule has 0 aliphatic carbocycles. The summed E-state index contributed by atoms with van der Waals surface area (Å²) in [6.07, 6.45) is -12.1. The third kappa shape index (κ3) is 29.1. The molecule has 5 saturated heterocycles. The predicted molar refractivity (Wildman–Crippen MR) is 404 cm³/mol. The van der Waals surface area contributed by atoms with Crippen LogP contribution in [0.1, 0.15) is 138 Å². The quantitative estimate of drug-likeness (QED) is 0.0357. The summed E-state index contributed by atoms with van der Waals surface area (Å²) < 4.78 is 88.8. The molecule has 5 fully saturated rings. The number of carbonyl (C=O) groups is 13. The Bertz CT molecular complexity index is 3820. The monoisotopic (exact) mass is 1690 g/mol. The van der Waals surface area contributed by atoms with Crippen molar-refractivity contribution in [1.82, 2.24) is 0 Å². The zero-order valence-corrected chi connectivity index (χ0v) is 68.0. The van der Waals surface area contributed by atoms with E-state index in [-0.39, 0.29) is 43.6 Å². The molecule has 1 amide bonds. The van der Waals surface area contributed by atoms with E-state index in [0.29, 0.717) is 41.8 Å². The van der Waals surface area contributed by atoms with Gasteiger partial charge in [0.25, 0.3) is 0 Å². The largest absolute Gasteiger partial charge is 0.465 e. The maximum atomic E-state index is 13.6. The third-order valence-corrected chi connectivity index (χ3v) is 23.3. The molecule has 0 spiro atoms. The Hall–Kier alpha value is -8.47. The Morgan fingerprint density at radius 1 is 0.447 bits per heavy atom. The van der Waals surface area contributed by atoms with Crippen molar-refractivity contribution >= 4 is 130 Å². The van der Waals surface area contributed by atoms with Crippen LogP contribution in [0, 0.1) is 17.6 Å². The first-order valence-electron chi connectivity index (χ1n) is 35.8. The minimum absolute atomic E-state index is 0.0149. The van der Waals surface area contributed by atoms with Gasteiger partial charge >= 0.3 is 71.6 Å². The molecule has 8 rings (SSSR count). The number of ether oxygens (including phenoxy) is 12. The van der Waals surface area contributed by atoms with Crippen LogP contribution in [-0.4, -0.2) is 245 Å². The van der Waals surface area contributed by atoms with Gasteiger partial charge in [-0.05, 0) is 78.8 Å². The lowest BCUT2D eigenvalue weighted by atomic mass is 9.78. The van der Waals surface area contributed by atoms with Crippen molar-refractivity contribution in [2.45, 2.75) is 238 Å². The van der Waals surface area contributed by atoms with E-state index in [2.05, 4.69) is 6.58 Å². The van der Waals surface area contributed by atoms with Crippen molar-refractivity contribution in [2.75, 3.05) is 31.3 Å². The zero-order chi connectivity index (χ0) is 85.3. The van der Waals surface area contributed by atoms with Crippen LogP contribution in [0.2, 0.25) is 0 Å². The van der Waals surface area contributed by atoms with Crippen molar-refractivity contribution in [1.29, 1.82) is 0 Å². The second-order valence-corrected chi connectivity index (χ2v) is 32.2. The van der Waals surface area contributed by atoms with E-state index in [0.717, 1.165) is 55.4 Å². The standard InChI is InChI=1S/C31H33F2NO6S.C16H24O8S.C15H20O8S.C14H20O9S/c32-20-7-5-18(6-8-20)24(36)14-13-23-27(34(31(23)40)22-11-9-21(33)10-12-22)19-3-1-17(2-4-19)15-25-28(37)30(39)29(38)26(16-35)41-25;1-6-12-14(22-9(3)18)16(24-11(5)20)15(23-10(4)19)13(25-12)7-21-8(2)17;1-7-13(21-9(3)17)15(23-11(5)19)14(22-10(4)18)12(24-7)6-20-8(2)16;1-6(15)20-5-10-11(21-7(2)16)12(22-8(3)17)13(14(19)24-10)23-9(4)18/h1-12,23-30,35-39H,13-16H2;12-16H,6-7H2,1-5H3;12-15H,1,6H2,2-5H3;10-14,19H,5H2,1-4H3/t23-,24+,25+,26-,27-,28+,29-,30-;12-,13+,14-,15+,16+;12-,13+,14-,15-;10-,11-,12+,13-,14?/m1011/s1. The number of hydrogen-bond donors (Lipinski definition) is 6. The summed E-state index contributed by atoms with van der Waals surface area (Å²) in [5.41, 5.74) is 1.58. The molecule has 0 saturated carbocycles. The van der Waals surface area contributed by atoms with Crippen LogP contribution in [0.4, 0.5) is 14.5 Å². The first kappa shape index (κ1) is 96.1. The number of aliphatic hydroxyl groups excluding tert-OH is 6. The van der Waals surface area contributed by atoms with Crippen molar-refractivity contribution in [3.05, 3.63) is 113 Å². The van der Waals surface area contributed by atoms with E-state index in [1.165, 1.54) is 122 Å². The number of aliphatic hydroxyl groups is 6. The van der Waals surface area contributed by atoms with Gasteiger partial charge in [0.15, 0.2) is 54.9 Å². The first-order valence-corrected chi connectivity index (χ1v) is 39.5. The number of benzene rings is 3. The molecule has 1 unspecified atom stereocenters. The van der Waals surface area contributed by atoms with Crippen LogP contribution in [0.5, 0.6) is 0 Å². The number of rotatable bonds is 25. The zero-order valence-electron chi connectivity index (χ0n) is 64.7. The highest BCUT2D eigenvalue weighted by Crippen LogP contribution is 2.48. The second-order valence-electron chi connectivity index (χ2n) is 26.5. The molecule has 5 aliphatic heterocycles. The molecule has 114 heavy (non-hydrogen) atoms. The van der Waals surface area contributed by atoms with Crippen LogP contribution >= 0.6 is 47.0 Å². The topological polar surface area (TPSA) is 457 Å². The highest BCUT2D eigenvalue weighted by molar-refractivity contribution is 8.03. The van der Waals surface area contributed by atoms with Crippen LogP contribution in [-0.2, 0) is 126 Å². The minimum Gasteiger partial charge on any atom is -0.465 e. The van der Waals surface area contributed by atoms with E-state index in [1.54, 1.807) is 17.0 Å². The van der Waals surface area contributed by atoms with E-state index in [1.807, 2.05) is 31.2 Å². The molecule has 0 bridgehead atoms. The van der Waals surface area contributed by atoms with Gasteiger partial charge in [-0.15, -0.1) is 47.0 Å². The Morgan fingerprint density at radius 3 is 1.26 bits per heavy atom. The molecule has 5 aliphatic rings. The molecule has 630 valence electrons. The summed E-state index contributed by atoms with van der Waals surface area (Å²) >= 11 is 4.66. The van der Waals surface area contributed by atoms with Gasteiger partial charge in [0.1, 0.15) is 43.0 Å². The van der Waals surface area contributed by atoms with Crippen LogP contribution in [0.15, 0.2) is 84.3 Å². The molecule has 0 aromatic heterocycles. The molecular formula is C76H97F2NO31S4. The summed E-state index contributed by atoms with van der Waals surface area (Å²) in [5, 5.41) is 58.3. The van der Waals surface area contributed by atoms with Crippen LogP contribution in [0.3, 0.4) is 0 Å². The molecule has 32 nitrogen and oxygen atoms in total. The molecular weight excluding hydrogens is 1590 g/mol. The lowest BCUT2D eigenvalue weighted by Gasteiger charge is -2.48. The number of nitrogens with zero attached hydrogens (tertiary/aromatic N) is 1. The number of carbonyl (C=O) groups excluding carboxylic acids is 13. The van der Waals surface area contributed by atoms with Gasteiger partial charge in [-0.1, -0.05) is 49.9 Å².